The molecule has 0 aromatic heterocycles. The van der Waals surface area contributed by atoms with E-state index in [1.165, 1.54) is 12.8 Å². The average molecular weight is 328 g/mol. The molecule has 3 rings (SSSR count). The van der Waals surface area contributed by atoms with E-state index in [9.17, 15) is 9.18 Å². The summed E-state index contributed by atoms with van der Waals surface area (Å²) in [4.78, 5) is 11.0. The van der Waals surface area contributed by atoms with E-state index in [0.717, 1.165) is 41.7 Å². The van der Waals surface area contributed by atoms with Crippen molar-refractivity contribution in [1.29, 1.82) is 0 Å². The van der Waals surface area contributed by atoms with Crippen LogP contribution in [0.4, 0.5) is 4.39 Å². The van der Waals surface area contributed by atoms with Crippen LogP contribution in [0.5, 0.6) is 5.75 Å². The molecule has 2 nitrogen and oxygen atoms in total. The lowest BCUT2D eigenvalue weighted by atomic mass is 9.80. The van der Waals surface area contributed by atoms with Crippen molar-refractivity contribution >= 4 is 17.1 Å². The van der Waals surface area contributed by atoms with Gasteiger partial charge in [0.2, 0.25) is 0 Å². The highest BCUT2D eigenvalue weighted by Crippen LogP contribution is 2.35. The second-order valence-electron chi connectivity index (χ2n) is 7.17. The van der Waals surface area contributed by atoms with Gasteiger partial charge in [-0.15, -0.1) is 0 Å². The lowest BCUT2D eigenvalue weighted by Gasteiger charge is -2.31. The highest BCUT2D eigenvalue weighted by Gasteiger charge is 2.25. The summed E-state index contributed by atoms with van der Waals surface area (Å²) < 4.78 is 19.9. The number of carbonyl (C=O) groups is 1. The summed E-state index contributed by atoms with van der Waals surface area (Å²) in [6.45, 7) is 3.97. The van der Waals surface area contributed by atoms with Gasteiger partial charge in [0.05, 0.1) is 6.10 Å². The number of hydrogen-bond acceptors (Lipinski definition) is 2. The molecule has 2 aromatic rings. The summed E-state index contributed by atoms with van der Waals surface area (Å²) in [6, 6.07) is 9.17. The molecule has 1 aliphatic carbocycles. The number of rotatable bonds is 5. The quantitative estimate of drug-likeness (QED) is 0.657. The zero-order chi connectivity index (χ0) is 17.1. The molecule has 1 saturated carbocycles. The summed E-state index contributed by atoms with van der Waals surface area (Å²) in [5.74, 6) is 2.12. The lowest BCUT2D eigenvalue weighted by molar-refractivity contribution is 0.112. The molecular formula is C21H25FO2. The molecule has 3 heteroatoms. The summed E-state index contributed by atoms with van der Waals surface area (Å²) in [5, 5.41) is 1.71. The van der Waals surface area contributed by atoms with Gasteiger partial charge in [-0.3, -0.25) is 4.79 Å². The van der Waals surface area contributed by atoms with Crippen molar-refractivity contribution in [2.45, 2.75) is 52.3 Å². The number of alkyl halides is 1. The minimum Gasteiger partial charge on any atom is -0.490 e. The molecule has 0 radical (unpaired) electrons. The fourth-order valence-electron chi connectivity index (χ4n) is 3.75. The van der Waals surface area contributed by atoms with E-state index in [2.05, 4.69) is 13.8 Å². The van der Waals surface area contributed by atoms with Gasteiger partial charge in [0.25, 0.3) is 0 Å². The molecule has 0 N–H and O–H groups in total. The summed E-state index contributed by atoms with van der Waals surface area (Å²) >= 11 is 0. The maximum atomic E-state index is 13.7. The Kier molecular flexibility index (Phi) is 5.17. The first-order chi connectivity index (χ1) is 11.6. The van der Waals surface area contributed by atoms with Crippen molar-refractivity contribution in [3.8, 4) is 5.75 Å². The molecule has 0 aliphatic heterocycles. The number of ether oxygens (including phenoxy) is 1. The Bertz CT molecular complexity index is 715. The van der Waals surface area contributed by atoms with Crippen molar-refractivity contribution < 1.29 is 13.9 Å². The molecule has 0 unspecified atom stereocenters. The predicted molar refractivity (Wildman–Crippen MR) is 95.4 cm³/mol. The second kappa shape index (κ2) is 7.33. The molecule has 2 aromatic carbocycles. The number of fused-ring (bicyclic) bond motifs is 1. The van der Waals surface area contributed by atoms with Gasteiger partial charge in [0.1, 0.15) is 18.7 Å². The average Bonchev–Trinajstić information content (AvgIpc) is 2.61. The van der Waals surface area contributed by atoms with E-state index in [4.69, 9.17) is 4.74 Å². The van der Waals surface area contributed by atoms with Gasteiger partial charge in [0, 0.05) is 11.1 Å². The highest BCUT2D eigenvalue weighted by molar-refractivity contribution is 5.92. The van der Waals surface area contributed by atoms with Gasteiger partial charge in [-0.1, -0.05) is 32.0 Å². The van der Waals surface area contributed by atoms with E-state index in [-0.39, 0.29) is 6.10 Å². The minimum atomic E-state index is -0.587. The van der Waals surface area contributed by atoms with Crippen LogP contribution in [0.2, 0.25) is 0 Å². The molecule has 0 bridgehead atoms. The third-order valence-corrected chi connectivity index (χ3v) is 5.34. The Morgan fingerprint density at radius 3 is 2.50 bits per heavy atom. The molecule has 24 heavy (non-hydrogen) atoms. The molecule has 0 amide bonds. The molecule has 0 spiro atoms. The van der Waals surface area contributed by atoms with Crippen LogP contribution in [0.15, 0.2) is 30.3 Å². The van der Waals surface area contributed by atoms with Crippen LogP contribution in [0.25, 0.3) is 10.8 Å². The highest BCUT2D eigenvalue weighted by atomic mass is 19.1. The fourth-order valence-corrected chi connectivity index (χ4v) is 3.75. The number of aldehydes is 1. The maximum Gasteiger partial charge on any atom is 0.150 e. The molecular weight excluding hydrogens is 303 g/mol. The Balaban J connectivity index is 1.83. The summed E-state index contributed by atoms with van der Waals surface area (Å²) in [7, 11) is 0. The zero-order valence-corrected chi connectivity index (χ0v) is 14.4. The number of hydrogen-bond donors (Lipinski definition) is 0. The maximum absolute atomic E-state index is 13.7. The van der Waals surface area contributed by atoms with Crippen LogP contribution < -0.4 is 4.74 Å². The van der Waals surface area contributed by atoms with Gasteiger partial charge in [-0.25, -0.2) is 4.39 Å². The first-order valence-corrected chi connectivity index (χ1v) is 8.85. The minimum absolute atomic E-state index is 0.164. The van der Waals surface area contributed by atoms with Crippen LogP contribution >= 0.6 is 0 Å². The largest absolute Gasteiger partial charge is 0.490 e. The number of carbonyl (C=O) groups excluding carboxylic acids is 1. The fraction of sp³-hybridized carbons (Fsp3) is 0.476. The topological polar surface area (TPSA) is 26.3 Å². The normalized spacial score (nSPS) is 21.2. The molecule has 128 valence electrons. The van der Waals surface area contributed by atoms with Crippen LogP contribution in [0.1, 0.15) is 55.5 Å². The van der Waals surface area contributed by atoms with E-state index < -0.39 is 6.67 Å². The third kappa shape index (κ3) is 3.45. The van der Waals surface area contributed by atoms with E-state index in [1.807, 2.05) is 18.2 Å². The van der Waals surface area contributed by atoms with Gasteiger partial charge in [-0.05, 0) is 60.4 Å². The van der Waals surface area contributed by atoms with Crippen LogP contribution in [0.3, 0.4) is 0 Å². The molecule has 0 atom stereocenters. The van der Waals surface area contributed by atoms with Crippen LogP contribution in [0, 0.1) is 11.8 Å². The van der Waals surface area contributed by atoms with Gasteiger partial charge in [0.15, 0.2) is 0 Å². The van der Waals surface area contributed by atoms with Gasteiger partial charge >= 0.3 is 0 Å². The summed E-state index contributed by atoms with van der Waals surface area (Å²) in [5.41, 5.74) is 1.12. The third-order valence-electron chi connectivity index (χ3n) is 5.34. The Labute approximate surface area is 143 Å². The van der Waals surface area contributed by atoms with Crippen molar-refractivity contribution in [2.24, 2.45) is 11.8 Å². The molecule has 0 heterocycles. The first-order valence-electron chi connectivity index (χ1n) is 8.85. The Morgan fingerprint density at radius 2 is 1.88 bits per heavy atom. The smallest absolute Gasteiger partial charge is 0.150 e. The monoisotopic (exact) mass is 328 g/mol. The Morgan fingerprint density at radius 1 is 1.17 bits per heavy atom. The van der Waals surface area contributed by atoms with E-state index in [0.29, 0.717) is 16.9 Å². The number of halogens is 1. The van der Waals surface area contributed by atoms with Crippen molar-refractivity contribution in [2.75, 3.05) is 0 Å². The van der Waals surface area contributed by atoms with Crippen molar-refractivity contribution in [3.63, 3.8) is 0 Å². The molecule has 0 saturated heterocycles. The molecule has 1 aliphatic rings. The summed E-state index contributed by atoms with van der Waals surface area (Å²) in [6.07, 6.45) is 5.37. The zero-order valence-electron chi connectivity index (χ0n) is 14.4. The van der Waals surface area contributed by atoms with Crippen LogP contribution in [-0.4, -0.2) is 12.4 Å². The Hall–Kier alpha value is -1.90. The van der Waals surface area contributed by atoms with E-state index >= 15 is 0 Å². The lowest BCUT2D eigenvalue weighted by Crippen LogP contribution is -2.26. The standard InChI is InChI=1S/C21H25FO2/c1-14(2)16-5-8-18(9-6-16)24-21-10-7-17-4-3-15(13-23)11-19(17)20(21)12-22/h3-4,7,10-11,13-14,16,18H,5-6,8-9,12H2,1-2H3. The first kappa shape index (κ1) is 16.9. The SMILES string of the molecule is CC(C)C1CCC(Oc2ccc3ccc(C=O)cc3c2CF)CC1. The molecule has 1 fully saturated rings. The van der Waals surface area contributed by atoms with Crippen molar-refractivity contribution in [3.05, 3.63) is 41.5 Å². The van der Waals surface area contributed by atoms with Crippen LogP contribution in [-0.2, 0) is 6.67 Å². The van der Waals surface area contributed by atoms with Gasteiger partial charge in [-0.2, -0.15) is 0 Å². The number of benzene rings is 2. The van der Waals surface area contributed by atoms with E-state index in [1.54, 1.807) is 12.1 Å². The predicted octanol–water partition coefficient (Wildman–Crippen LogP) is 5.72. The van der Waals surface area contributed by atoms with Gasteiger partial charge < -0.3 is 4.74 Å². The van der Waals surface area contributed by atoms with Crippen molar-refractivity contribution in [1.82, 2.24) is 0 Å². The second-order valence-corrected chi connectivity index (χ2v) is 7.17.